The molecule has 1 atom stereocenters. The molecule has 1 aromatic rings. The average Bonchev–Trinajstić information content (AvgIpc) is 2.36. The van der Waals surface area contributed by atoms with Gasteiger partial charge in [-0.25, -0.2) is 0 Å². The van der Waals surface area contributed by atoms with E-state index in [0.717, 1.165) is 5.56 Å². The van der Waals surface area contributed by atoms with Gasteiger partial charge in [0.05, 0.1) is 13.2 Å². The number of hydrogen-bond acceptors (Lipinski definition) is 4. The summed E-state index contributed by atoms with van der Waals surface area (Å²) in [5, 5.41) is 11.5. The molecule has 1 rings (SSSR count). The van der Waals surface area contributed by atoms with Gasteiger partial charge in [-0.1, -0.05) is 12.1 Å². The summed E-state index contributed by atoms with van der Waals surface area (Å²) in [5.74, 6) is -1.25. The lowest BCUT2D eigenvalue weighted by Gasteiger charge is -2.08. The zero-order valence-corrected chi connectivity index (χ0v) is 10.1. The van der Waals surface area contributed by atoms with E-state index in [0.29, 0.717) is 12.2 Å². The topological polar surface area (TPSA) is 102 Å². The van der Waals surface area contributed by atoms with Gasteiger partial charge >= 0.3 is 0 Å². The molecule has 0 aliphatic heterocycles. The van der Waals surface area contributed by atoms with Gasteiger partial charge in [-0.2, -0.15) is 0 Å². The Bertz CT molecular complexity index is 417. The minimum absolute atomic E-state index is 0.200. The average molecular weight is 252 g/mol. The van der Waals surface area contributed by atoms with E-state index in [1.54, 1.807) is 31.4 Å². The largest absolute Gasteiger partial charge is 0.381 e. The molecule has 6 heteroatoms. The van der Waals surface area contributed by atoms with Crippen molar-refractivity contribution in [2.75, 3.05) is 13.7 Å². The van der Waals surface area contributed by atoms with E-state index in [1.807, 2.05) is 0 Å². The van der Waals surface area contributed by atoms with E-state index in [1.165, 1.54) is 0 Å². The van der Waals surface area contributed by atoms with Crippen molar-refractivity contribution in [2.24, 2.45) is 5.73 Å². The number of ether oxygens (including phenoxy) is 1. The Balaban J connectivity index is 2.54. The Morgan fingerprint density at radius 1 is 1.39 bits per heavy atom. The van der Waals surface area contributed by atoms with Crippen LogP contribution >= 0.6 is 0 Å². The Kier molecular flexibility index (Phi) is 5.29. The molecule has 6 nitrogen and oxygen atoms in total. The number of nitrogens with two attached hydrogens (primary N) is 1. The molecule has 0 radical (unpaired) electrons. The molecular formula is C12H16N2O4. The summed E-state index contributed by atoms with van der Waals surface area (Å²) in [6.07, 6.45) is -1.37. The van der Waals surface area contributed by atoms with Crippen molar-refractivity contribution < 1.29 is 19.4 Å². The van der Waals surface area contributed by atoms with Crippen molar-refractivity contribution in [2.45, 2.75) is 12.7 Å². The van der Waals surface area contributed by atoms with Crippen molar-refractivity contribution in [3.8, 4) is 0 Å². The van der Waals surface area contributed by atoms with Crippen molar-refractivity contribution in [1.82, 2.24) is 5.32 Å². The molecule has 0 aliphatic rings. The number of amides is 2. The number of carbonyl (C=O) groups is 2. The standard InChI is InChI=1S/C12H16N2O4/c1-18-7-8-2-4-9(5-3-8)12(17)14-6-10(15)11(13)16/h2-5,10,15H,6-7H2,1H3,(H2,13,16)(H,14,17). The minimum atomic E-state index is -1.37. The monoisotopic (exact) mass is 252 g/mol. The molecule has 98 valence electrons. The molecule has 0 bridgehead atoms. The first-order valence-corrected chi connectivity index (χ1v) is 5.38. The number of rotatable bonds is 6. The van der Waals surface area contributed by atoms with E-state index in [-0.39, 0.29) is 12.5 Å². The molecule has 0 aliphatic carbocycles. The van der Waals surface area contributed by atoms with Crippen molar-refractivity contribution in [3.63, 3.8) is 0 Å². The van der Waals surface area contributed by atoms with Gasteiger partial charge in [-0.15, -0.1) is 0 Å². The Morgan fingerprint density at radius 2 is 2.00 bits per heavy atom. The number of carbonyl (C=O) groups excluding carboxylic acids is 2. The highest BCUT2D eigenvalue weighted by atomic mass is 16.5. The molecular weight excluding hydrogens is 236 g/mol. The molecule has 0 aromatic heterocycles. The van der Waals surface area contributed by atoms with Crippen molar-refractivity contribution in [1.29, 1.82) is 0 Å². The van der Waals surface area contributed by atoms with Crippen LogP contribution in [0.1, 0.15) is 15.9 Å². The Morgan fingerprint density at radius 3 is 2.50 bits per heavy atom. The molecule has 0 spiro atoms. The third kappa shape index (κ3) is 4.15. The normalized spacial score (nSPS) is 11.9. The summed E-state index contributed by atoms with van der Waals surface area (Å²) < 4.78 is 4.95. The molecule has 18 heavy (non-hydrogen) atoms. The van der Waals surface area contributed by atoms with Crippen LogP contribution in [0.25, 0.3) is 0 Å². The van der Waals surface area contributed by atoms with Crippen LogP contribution in [0, 0.1) is 0 Å². The molecule has 1 unspecified atom stereocenters. The van der Waals surface area contributed by atoms with Crippen LogP contribution in [0.3, 0.4) is 0 Å². The van der Waals surface area contributed by atoms with Crippen LogP contribution < -0.4 is 11.1 Å². The van der Waals surface area contributed by atoms with Gasteiger partial charge in [-0.05, 0) is 17.7 Å². The van der Waals surface area contributed by atoms with E-state index in [9.17, 15) is 9.59 Å². The van der Waals surface area contributed by atoms with Crippen LogP contribution in [0.4, 0.5) is 0 Å². The van der Waals surface area contributed by atoms with E-state index >= 15 is 0 Å². The lowest BCUT2D eigenvalue weighted by Crippen LogP contribution is -2.39. The van der Waals surface area contributed by atoms with Gasteiger partial charge in [0.2, 0.25) is 5.91 Å². The maximum atomic E-state index is 11.6. The van der Waals surface area contributed by atoms with Crippen LogP contribution in [0.15, 0.2) is 24.3 Å². The second-order valence-corrected chi connectivity index (χ2v) is 3.76. The molecule has 0 saturated heterocycles. The van der Waals surface area contributed by atoms with Gasteiger partial charge in [0, 0.05) is 12.7 Å². The van der Waals surface area contributed by atoms with Gasteiger partial charge in [-0.3, -0.25) is 9.59 Å². The highest BCUT2D eigenvalue weighted by Crippen LogP contribution is 2.05. The fourth-order valence-corrected chi connectivity index (χ4v) is 1.31. The maximum Gasteiger partial charge on any atom is 0.251 e. The van der Waals surface area contributed by atoms with Crippen LogP contribution in [0.5, 0.6) is 0 Å². The third-order valence-corrected chi connectivity index (χ3v) is 2.31. The maximum absolute atomic E-state index is 11.6. The first-order chi connectivity index (χ1) is 8.54. The predicted molar refractivity (Wildman–Crippen MR) is 64.7 cm³/mol. The van der Waals surface area contributed by atoms with Crippen LogP contribution in [-0.4, -0.2) is 36.7 Å². The summed E-state index contributed by atoms with van der Waals surface area (Å²) in [6.45, 7) is 0.274. The zero-order valence-electron chi connectivity index (χ0n) is 10.1. The third-order valence-electron chi connectivity index (χ3n) is 2.31. The van der Waals surface area contributed by atoms with E-state index in [4.69, 9.17) is 15.6 Å². The predicted octanol–water partition coefficient (Wildman–Crippen LogP) is -0.591. The Labute approximate surface area is 105 Å². The van der Waals surface area contributed by atoms with Gasteiger partial charge in [0.1, 0.15) is 6.10 Å². The number of benzene rings is 1. The number of aliphatic hydroxyl groups excluding tert-OH is 1. The van der Waals surface area contributed by atoms with Crippen molar-refractivity contribution in [3.05, 3.63) is 35.4 Å². The lowest BCUT2D eigenvalue weighted by molar-refractivity contribution is -0.125. The van der Waals surface area contributed by atoms with E-state index < -0.39 is 12.0 Å². The summed E-state index contributed by atoms with van der Waals surface area (Å²) in [7, 11) is 1.59. The van der Waals surface area contributed by atoms with Gasteiger partial charge in [0.25, 0.3) is 5.91 Å². The first-order valence-electron chi connectivity index (χ1n) is 5.38. The number of methoxy groups -OCH3 is 1. The number of aliphatic hydroxyl groups is 1. The van der Waals surface area contributed by atoms with Crippen molar-refractivity contribution >= 4 is 11.8 Å². The van der Waals surface area contributed by atoms with Crippen LogP contribution in [-0.2, 0) is 16.1 Å². The molecule has 0 heterocycles. The highest BCUT2D eigenvalue weighted by Gasteiger charge is 2.12. The lowest BCUT2D eigenvalue weighted by atomic mass is 10.1. The second kappa shape index (κ2) is 6.73. The smallest absolute Gasteiger partial charge is 0.251 e. The number of hydrogen-bond donors (Lipinski definition) is 3. The number of nitrogens with one attached hydrogen (secondary N) is 1. The first kappa shape index (κ1) is 14.1. The fraction of sp³-hybridized carbons (Fsp3) is 0.333. The second-order valence-electron chi connectivity index (χ2n) is 3.76. The van der Waals surface area contributed by atoms with Gasteiger partial charge in [0.15, 0.2) is 0 Å². The highest BCUT2D eigenvalue weighted by molar-refractivity contribution is 5.94. The van der Waals surface area contributed by atoms with Crippen LogP contribution in [0.2, 0.25) is 0 Å². The minimum Gasteiger partial charge on any atom is -0.381 e. The molecule has 2 amide bonds. The van der Waals surface area contributed by atoms with E-state index in [2.05, 4.69) is 5.32 Å². The molecule has 4 N–H and O–H groups in total. The number of primary amides is 1. The fourth-order valence-electron chi connectivity index (χ4n) is 1.31. The quantitative estimate of drug-likeness (QED) is 0.629. The molecule has 0 fully saturated rings. The Hall–Kier alpha value is -1.92. The van der Waals surface area contributed by atoms with Gasteiger partial charge < -0.3 is 20.9 Å². The summed E-state index contributed by atoms with van der Waals surface area (Å²) in [5.41, 5.74) is 6.25. The zero-order chi connectivity index (χ0) is 13.5. The molecule has 0 saturated carbocycles. The summed E-state index contributed by atoms with van der Waals surface area (Å²) in [6, 6.07) is 6.81. The summed E-state index contributed by atoms with van der Waals surface area (Å²) >= 11 is 0. The summed E-state index contributed by atoms with van der Waals surface area (Å²) in [4.78, 5) is 22.2. The SMILES string of the molecule is COCc1ccc(C(=O)NCC(O)C(N)=O)cc1. The molecule has 1 aromatic carbocycles.